The molecule has 0 saturated carbocycles. The van der Waals surface area contributed by atoms with Crippen molar-refractivity contribution in [2.45, 2.75) is 6.61 Å². The summed E-state index contributed by atoms with van der Waals surface area (Å²) in [6, 6.07) is 16.7. The topological polar surface area (TPSA) is 79.9 Å². The standard InChI is InChI=1S/C20H15ClN4O2.2H2/c21-14-9-15-16(11-23-19(15)22-10-14)17-7-4-8-18(24-17)25-20(26)27-12-13-5-2-1-3-6-13;;/h1-11H,12H2,(H,22,23)(H,24,25,26);2*1H. The molecule has 3 aromatic heterocycles. The summed E-state index contributed by atoms with van der Waals surface area (Å²) in [5.41, 5.74) is 3.17. The molecule has 138 valence electrons. The molecule has 0 fully saturated rings. The van der Waals surface area contributed by atoms with Crippen molar-refractivity contribution in [2.75, 3.05) is 5.32 Å². The van der Waals surface area contributed by atoms with Crippen molar-refractivity contribution in [3.8, 4) is 11.3 Å². The van der Waals surface area contributed by atoms with E-state index in [9.17, 15) is 4.79 Å². The van der Waals surface area contributed by atoms with Gasteiger partial charge in [-0.1, -0.05) is 48.0 Å². The number of hydrogen-bond donors (Lipinski definition) is 2. The van der Waals surface area contributed by atoms with Gasteiger partial charge in [0.2, 0.25) is 0 Å². The van der Waals surface area contributed by atoms with Crippen LogP contribution in [-0.4, -0.2) is 21.0 Å². The van der Waals surface area contributed by atoms with Gasteiger partial charge in [0.1, 0.15) is 18.1 Å². The lowest BCUT2D eigenvalue weighted by atomic mass is 10.1. The van der Waals surface area contributed by atoms with Crippen LogP contribution in [0.1, 0.15) is 8.42 Å². The van der Waals surface area contributed by atoms with Crippen molar-refractivity contribution in [1.82, 2.24) is 15.0 Å². The number of nitrogens with one attached hydrogen (secondary N) is 2. The van der Waals surface area contributed by atoms with Crippen LogP contribution in [0, 0.1) is 0 Å². The average molecular weight is 383 g/mol. The molecular formula is C20H19ClN4O2. The highest BCUT2D eigenvalue weighted by atomic mass is 35.5. The first-order chi connectivity index (χ1) is 13.2. The fourth-order valence-corrected chi connectivity index (χ4v) is 2.87. The number of anilines is 1. The zero-order valence-corrected chi connectivity index (χ0v) is 14.9. The van der Waals surface area contributed by atoms with Gasteiger partial charge in [-0.25, -0.2) is 14.8 Å². The second kappa shape index (κ2) is 7.47. The van der Waals surface area contributed by atoms with Gasteiger partial charge in [-0.2, -0.15) is 0 Å². The molecule has 27 heavy (non-hydrogen) atoms. The van der Waals surface area contributed by atoms with Crippen LogP contribution in [0.4, 0.5) is 10.6 Å². The van der Waals surface area contributed by atoms with Crippen molar-refractivity contribution < 1.29 is 12.4 Å². The van der Waals surface area contributed by atoms with Crippen LogP contribution in [-0.2, 0) is 11.3 Å². The quantitative estimate of drug-likeness (QED) is 0.487. The number of benzene rings is 1. The van der Waals surface area contributed by atoms with Crippen molar-refractivity contribution in [3.05, 3.63) is 77.6 Å². The van der Waals surface area contributed by atoms with E-state index in [1.807, 2.05) is 54.7 Å². The predicted molar refractivity (Wildman–Crippen MR) is 109 cm³/mol. The van der Waals surface area contributed by atoms with Crippen molar-refractivity contribution >= 4 is 34.5 Å². The number of H-pyrrole nitrogens is 1. The molecule has 0 bridgehead atoms. The summed E-state index contributed by atoms with van der Waals surface area (Å²) >= 11 is 6.05. The Kier molecular flexibility index (Phi) is 4.72. The minimum atomic E-state index is -0.563. The highest BCUT2D eigenvalue weighted by molar-refractivity contribution is 6.31. The third-order valence-corrected chi connectivity index (χ3v) is 4.17. The maximum Gasteiger partial charge on any atom is 0.413 e. The first-order valence-electron chi connectivity index (χ1n) is 8.27. The summed E-state index contributed by atoms with van der Waals surface area (Å²) in [6.07, 6.45) is 2.83. The zero-order chi connectivity index (χ0) is 18.6. The molecular weight excluding hydrogens is 364 g/mol. The first kappa shape index (κ1) is 17.1. The molecule has 0 spiro atoms. The molecule has 0 aliphatic heterocycles. The van der Waals surface area contributed by atoms with E-state index >= 15 is 0 Å². The Hall–Kier alpha value is -3.38. The number of pyridine rings is 2. The van der Waals surface area contributed by atoms with E-state index < -0.39 is 6.09 Å². The minimum absolute atomic E-state index is 0. The number of rotatable bonds is 4. The van der Waals surface area contributed by atoms with Gasteiger partial charge in [0.25, 0.3) is 0 Å². The Balaban J connectivity index is 0.00000150. The first-order valence-corrected chi connectivity index (χ1v) is 8.64. The monoisotopic (exact) mass is 382 g/mol. The van der Waals surface area contributed by atoms with Gasteiger partial charge < -0.3 is 9.72 Å². The number of hydrogen-bond acceptors (Lipinski definition) is 4. The van der Waals surface area contributed by atoms with E-state index in [0.717, 1.165) is 22.2 Å². The number of fused-ring (bicyclic) bond motifs is 1. The summed E-state index contributed by atoms with van der Waals surface area (Å²) < 4.78 is 5.22. The van der Waals surface area contributed by atoms with Crippen LogP contribution in [0.3, 0.4) is 0 Å². The van der Waals surface area contributed by atoms with E-state index in [0.29, 0.717) is 16.5 Å². The second-order valence-corrected chi connectivity index (χ2v) is 6.28. The molecule has 0 unspecified atom stereocenters. The molecule has 0 atom stereocenters. The van der Waals surface area contributed by atoms with Gasteiger partial charge >= 0.3 is 6.09 Å². The lowest BCUT2D eigenvalue weighted by Crippen LogP contribution is -2.14. The van der Waals surface area contributed by atoms with Crippen LogP contribution in [0.15, 0.2) is 67.0 Å². The van der Waals surface area contributed by atoms with E-state index in [2.05, 4.69) is 20.3 Å². The molecule has 3 heterocycles. The molecule has 6 nitrogen and oxygen atoms in total. The normalized spacial score (nSPS) is 10.7. The molecule has 7 heteroatoms. The zero-order valence-electron chi connectivity index (χ0n) is 14.1. The lowest BCUT2D eigenvalue weighted by Gasteiger charge is -2.08. The Morgan fingerprint density at radius 2 is 2.04 bits per heavy atom. The molecule has 1 amide bonds. The number of nitrogens with zero attached hydrogens (tertiary/aromatic N) is 2. The molecule has 1 aromatic carbocycles. The van der Waals surface area contributed by atoms with Gasteiger partial charge in [0, 0.05) is 26.2 Å². The summed E-state index contributed by atoms with van der Waals surface area (Å²) in [7, 11) is 0. The van der Waals surface area contributed by atoms with E-state index in [1.54, 1.807) is 12.3 Å². The highest BCUT2D eigenvalue weighted by Gasteiger charge is 2.11. The van der Waals surface area contributed by atoms with Gasteiger partial charge in [-0.15, -0.1) is 0 Å². The minimum Gasteiger partial charge on any atom is -0.444 e. The molecule has 0 aliphatic carbocycles. The van der Waals surface area contributed by atoms with Gasteiger partial charge in [-0.05, 0) is 23.8 Å². The van der Waals surface area contributed by atoms with Gasteiger partial charge in [-0.3, -0.25) is 5.32 Å². The van der Waals surface area contributed by atoms with Gasteiger partial charge in [0.15, 0.2) is 0 Å². The van der Waals surface area contributed by atoms with Crippen molar-refractivity contribution in [2.24, 2.45) is 0 Å². The Morgan fingerprint density at radius 3 is 2.89 bits per heavy atom. The number of halogens is 1. The Morgan fingerprint density at radius 1 is 1.19 bits per heavy atom. The van der Waals surface area contributed by atoms with Crippen LogP contribution in [0.5, 0.6) is 0 Å². The number of carbonyl (C=O) groups excluding carboxylic acids is 1. The molecule has 0 radical (unpaired) electrons. The van der Waals surface area contributed by atoms with Crippen LogP contribution >= 0.6 is 11.6 Å². The van der Waals surface area contributed by atoms with Gasteiger partial charge in [0.05, 0.1) is 10.7 Å². The number of carbonyl (C=O) groups is 1. The molecule has 4 rings (SSSR count). The number of amides is 1. The second-order valence-electron chi connectivity index (χ2n) is 5.85. The summed E-state index contributed by atoms with van der Waals surface area (Å²) in [6.45, 7) is 0.193. The van der Waals surface area contributed by atoms with Crippen LogP contribution in [0.25, 0.3) is 22.3 Å². The Labute approximate surface area is 163 Å². The SMILES string of the molecule is O=C(Nc1cccc(-c2c[nH]c3ncc(Cl)cc23)n1)OCc1ccccc1.[HH].[HH]. The number of aromatic nitrogens is 3. The molecule has 0 aliphatic rings. The molecule has 0 saturated heterocycles. The molecule has 4 aromatic rings. The largest absolute Gasteiger partial charge is 0.444 e. The number of ether oxygens (including phenoxy) is 1. The predicted octanol–water partition coefficient (Wildman–Crippen LogP) is 5.52. The third-order valence-electron chi connectivity index (χ3n) is 3.97. The fourth-order valence-electron chi connectivity index (χ4n) is 2.71. The van der Waals surface area contributed by atoms with E-state index in [1.165, 1.54) is 0 Å². The number of aromatic amines is 1. The smallest absolute Gasteiger partial charge is 0.413 e. The average Bonchev–Trinajstić information content (AvgIpc) is 3.10. The maximum atomic E-state index is 12.0. The van der Waals surface area contributed by atoms with E-state index in [-0.39, 0.29) is 9.46 Å². The van der Waals surface area contributed by atoms with Crippen LogP contribution < -0.4 is 5.32 Å². The third kappa shape index (κ3) is 3.91. The van der Waals surface area contributed by atoms with Crippen molar-refractivity contribution in [1.29, 1.82) is 0 Å². The lowest BCUT2D eigenvalue weighted by molar-refractivity contribution is 0.155. The summed E-state index contributed by atoms with van der Waals surface area (Å²) in [4.78, 5) is 23.9. The maximum absolute atomic E-state index is 12.0. The summed E-state index contributed by atoms with van der Waals surface area (Å²) in [5.74, 6) is 0.398. The van der Waals surface area contributed by atoms with Crippen LogP contribution in [0.2, 0.25) is 5.02 Å². The highest BCUT2D eigenvalue weighted by Crippen LogP contribution is 2.28. The fraction of sp³-hybridized carbons (Fsp3) is 0.0500. The summed E-state index contributed by atoms with van der Waals surface area (Å²) in [5, 5.41) is 4.05. The molecule has 2 N–H and O–H groups in total. The van der Waals surface area contributed by atoms with Crippen molar-refractivity contribution in [3.63, 3.8) is 0 Å². The van der Waals surface area contributed by atoms with E-state index in [4.69, 9.17) is 16.3 Å². The Bertz CT molecular complexity index is 1110.